The molecule has 0 bridgehead atoms. The number of aromatic nitrogens is 3. The lowest BCUT2D eigenvalue weighted by Gasteiger charge is -2.17. The number of hydrogen-bond donors (Lipinski definition) is 1. The standard InChI is InChI=1S/C8H15N3O2Si/c1-6-8(14(2,3)4)11(10-9-6)5-7(12)13/h5H2,1-4H3,(H,12,13). The first kappa shape index (κ1) is 10.9. The molecule has 0 saturated carbocycles. The van der Waals surface area contributed by atoms with Gasteiger partial charge in [-0.1, -0.05) is 24.9 Å². The van der Waals surface area contributed by atoms with Crippen molar-refractivity contribution in [1.29, 1.82) is 0 Å². The number of aryl methyl sites for hydroxylation is 1. The number of carbonyl (C=O) groups is 1. The number of hydrogen-bond acceptors (Lipinski definition) is 3. The molecule has 0 aromatic carbocycles. The molecule has 0 saturated heterocycles. The molecule has 0 radical (unpaired) electrons. The van der Waals surface area contributed by atoms with Gasteiger partial charge in [0.2, 0.25) is 0 Å². The molecular formula is C8H15N3O2Si. The zero-order chi connectivity index (χ0) is 10.9. The van der Waals surface area contributed by atoms with E-state index in [2.05, 4.69) is 30.0 Å². The molecule has 1 aromatic heterocycles. The lowest BCUT2D eigenvalue weighted by Crippen LogP contribution is -2.45. The molecule has 0 aliphatic rings. The number of carboxylic acids is 1. The maximum absolute atomic E-state index is 10.6. The molecule has 0 atom stereocenters. The molecule has 0 amide bonds. The second kappa shape index (κ2) is 3.53. The number of rotatable bonds is 3. The van der Waals surface area contributed by atoms with Crippen LogP contribution >= 0.6 is 0 Å². The fourth-order valence-corrected chi connectivity index (χ4v) is 3.60. The highest BCUT2D eigenvalue weighted by atomic mass is 28.3. The van der Waals surface area contributed by atoms with Crippen molar-refractivity contribution in [3.05, 3.63) is 5.69 Å². The van der Waals surface area contributed by atoms with Gasteiger partial charge < -0.3 is 5.11 Å². The quantitative estimate of drug-likeness (QED) is 0.729. The van der Waals surface area contributed by atoms with Crippen LogP contribution < -0.4 is 5.32 Å². The first-order chi connectivity index (χ1) is 6.32. The summed E-state index contributed by atoms with van der Waals surface area (Å²) in [5, 5.41) is 17.5. The van der Waals surface area contributed by atoms with Gasteiger partial charge in [0.05, 0.1) is 5.69 Å². The van der Waals surface area contributed by atoms with Gasteiger partial charge in [0.15, 0.2) is 0 Å². The summed E-state index contributed by atoms with van der Waals surface area (Å²) in [6.45, 7) is 8.23. The van der Waals surface area contributed by atoms with Crippen LogP contribution in [0.15, 0.2) is 0 Å². The molecule has 1 aromatic rings. The Kier molecular flexibility index (Phi) is 2.75. The van der Waals surface area contributed by atoms with Crippen molar-refractivity contribution in [2.24, 2.45) is 0 Å². The number of nitrogens with zero attached hydrogens (tertiary/aromatic N) is 3. The van der Waals surface area contributed by atoms with E-state index in [1.807, 2.05) is 6.92 Å². The smallest absolute Gasteiger partial charge is 0.325 e. The Labute approximate surface area is 83.8 Å². The topological polar surface area (TPSA) is 68.0 Å². The Hall–Kier alpha value is -1.17. The van der Waals surface area contributed by atoms with E-state index < -0.39 is 14.0 Å². The van der Waals surface area contributed by atoms with E-state index in [9.17, 15) is 4.79 Å². The summed E-state index contributed by atoms with van der Waals surface area (Å²) >= 11 is 0. The summed E-state index contributed by atoms with van der Waals surface area (Å²) in [5.74, 6) is -0.880. The highest BCUT2D eigenvalue weighted by Gasteiger charge is 2.25. The Morgan fingerprint density at radius 2 is 2.07 bits per heavy atom. The fourth-order valence-electron chi connectivity index (χ4n) is 1.57. The van der Waals surface area contributed by atoms with E-state index in [1.54, 1.807) is 0 Å². The minimum Gasteiger partial charge on any atom is -0.480 e. The van der Waals surface area contributed by atoms with E-state index >= 15 is 0 Å². The minimum absolute atomic E-state index is 0.0968. The predicted molar refractivity (Wildman–Crippen MR) is 55.4 cm³/mol. The van der Waals surface area contributed by atoms with E-state index in [4.69, 9.17) is 5.11 Å². The van der Waals surface area contributed by atoms with Crippen LogP contribution in [-0.4, -0.2) is 34.1 Å². The molecule has 5 nitrogen and oxygen atoms in total. The van der Waals surface area contributed by atoms with Gasteiger partial charge in [-0.15, -0.1) is 5.10 Å². The van der Waals surface area contributed by atoms with Crippen LogP contribution in [0.3, 0.4) is 0 Å². The highest BCUT2D eigenvalue weighted by Crippen LogP contribution is 2.03. The largest absolute Gasteiger partial charge is 0.480 e. The molecule has 0 aliphatic heterocycles. The van der Waals surface area contributed by atoms with Crippen molar-refractivity contribution in [3.8, 4) is 0 Å². The molecule has 1 N–H and O–H groups in total. The maximum Gasteiger partial charge on any atom is 0.325 e. The summed E-state index contributed by atoms with van der Waals surface area (Å²) in [6.07, 6.45) is 0. The Morgan fingerprint density at radius 1 is 1.50 bits per heavy atom. The second-order valence-corrected chi connectivity index (χ2v) is 9.30. The SMILES string of the molecule is Cc1nnn(CC(=O)O)c1[Si](C)(C)C. The monoisotopic (exact) mass is 213 g/mol. The summed E-state index contributed by atoms with van der Waals surface area (Å²) in [6, 6.07) is 0. The van der Waals surface area contributed by atoms with Crippen molar-refractivity contribution in [2.45, 2.75) is 33.1 Å². The molecule has 78 valence electrons. The van der Waals surface area contributed by atoms with Gasteiger partial charge in [0, 0.05) is 5.32 Å². The average Bonchev–Trinajstić information content (AvgIpc) is 2.28. The summed E-state index contributed by atoms with van der Waals surface area (Å²) in [7, 11) is -1.56. The normalized spacial score (nSPS) is 11.7. The van der Waals surface area contributed by atoms with Crippen molar-refractivity contribution in [1.82, 2.24) is 15.0 Å². The van der Waals surface area contributed by atoms with Crippen LogP contribution in [0.2, 0.25) is 19.6 Å². The molecular weight excluding hydrogens is 198 g/mol. The van der Waals surface area contributed by atoms with E-state index in [-0.39, 0.29) is 6.54 Å². The highest BCUT2D eigenvalue weighted by molar-refractivity contribution is 6.88. The van der Waals surface area contributed by atoms with Crippen molar-refractivity contribution in [2.75, 3.05) is 0 Å². The van der Waals surface area contributed by atoms with E-state index in [1.165, 1.54) is 4.68 Å². The first-order valence-corrected chi connectivity index (χ1v) is 7.94. The number of aliphatic carboxylic acids is 1. The minimum atomic E-state index is -1.56. The van der Waals surface area contributed by atoms with Gasteiger partial charge in [0.25, 0.3) is 0 Å². The molecule has 0 fully saturated rings. The van der Waals surface area contributed by atoms with Gasteiger partial charge >= 0.3 is 5.97 Å². The Morgan fingerprint density at radius 3 is 2.50 bits per heavy atom. The Balaban J connectivity index is 3.13. The average molecular weight is 213 g/mol. The van der Waals surface area contributed by atoms with Crippen LogP contribution in [0.25, 0.3) is 0 Å². The van der Waals surface area contributed by atoms with E-state index in [0.717, 1.165) is 11.0 Å². The van der Waals surface area contributed by atoms with Gasteiger partial charge in [-0.2, -0.15) is 0 Å². The van der Waals surface area contributed by atoms with Crippen molar-refractivity contribution < 1.29 is 9.90 Å². The van der Waals surface area contributed by atoms with Crippen LogP contribution in [0.1, 0.15) is 5.69 Å². The molecule has 0 spiro atoms. The maximum atomic E-state index is 10.6. The van der Waals surface area contributed by atoms with Gasteiger partial charge in [-0.25, -0.2) is 4.68 Å². The van der Waals surface area contributed by atoms with Gasteiger partial charge in [-0.05, 0) is 6.92 Å². The molecule has 0 aliphatic carbocycles. The third-order valence-corrected chi connectivity index (χ3v) is 3.94. The van der Waals surface area contributed by atoms with Crippen LogP contribution in [0.4, 0.5) is 0 Å². The lowest BCUT2D eigenvalue weighted by atomic mass is 10.5. The molecule has 1 heterocycles. The van der Waals surface area contributed by atoms with Crippen LogP contribution in [-0.2, 0) is 11.3 Å². The molecule has 6 heteroatoms. The van der Waals surface area contributed by atoms with Gasteiger partial charge in [0.1, 0.15) is 14.6 Å². The number of carboxylic acid groups (broad SMARTS) is 1. The molecule has 1 rings (SSSR count). The summed E-state index contributed by atoms with van der Waals surface area (Å²) < 4.78 is 1.50. The lowest BCUT2D eigenvalue weighted by molar-refractivity contribution is -0.137. The van der Waals surface area contributed by atoms with Crippen LogP contribution in [0, 0.1) is 6.92 Å². The van der Waals surface area contributed by atoms with Gasteiger partial charge in [-0.3, -0.25) is 4.79 Å². The molecule has 14 heavy (non-hydrogen) atoms. The zero-order valence-corrected chi connectivity index (χ0v) is 9.90. The second-order valence-electron chi connectivity index (χ2n) is 4.32. The third-order valence-electron chi connectivity index (χ3n) is 1.90. The van der Waals surface area contributed by atoms with E-state index in [0.29, 0.717) is 0 Å². The zero-order valence-electron chi connectivity index (χ0n) is 8.90. The van der Waals surface area contributed by atoms with Crippen molar-refractivity contribution in [3.63, 3.8) is 0 Å². The Bertz CT molecular complexity index is 354. The summed E-state index contributed by atoms with van der Waals surface area (Å²) in [4.78, 5) is 10.6. The predicted octanol–water partition coefficient (Wildman–Crippen LogP) is 0.216. The molecule has 0 unspecified atom stereocenters. The third kappa shape index (κ3) is 2.19. The first-order valence-electron chi connectivity index (χ1n) is 4.44. The van der Waals surface area contributed by atoms with Crippen molar-refractivity contribution >= 4 is 19.4 Å². The summed E-state index contributed by atoms with van der Waals surface area (Å²) in [5.41, 5.74) is 0.852. The van der Waals surface area contributed by atoms with Crippen LogP contribution in [0.5, 0.6) is 0 Å². The fraction of sp³-hybridized carbons (Fsp3) is 0.625.